The van der Waals surface area contributed by atoms with Crippen LogP contribution in [0, 0.1) is 5.92 Å². The fraction of sp³-hybridized carbons (Fsp3) is 0.900. The molecule has 0 spiro atoms. The van der Waals surface area contributed by atoms with Gasteiger partial charge in [0.25, 0.3) is 0 Å². The summed E-state index contributed by atoms with van der Waals surface area (Å²) in [5, 5.41) is 8.94. The number of hydrogen-bond donors (Lipinski definition) is 1. The molecule has 3 fully saturated rings. The lowest BCUT2D eigenvalue weighted by atomic mass is 9.92. The molecule has 0 aromatic heterocycles. The summed E-state index contributed by atoms with van der Waals surface area (Å²) in [7, 11) is 0. The van der Waals surface area contributed by atoms with Gasteiger partial charge in [0, 0.05) is 38.3 Å². The maximum absolute atomic E-state index is 12.5. The number of carboxylic acid groups (broad SMARTS) is 1. The van der Waals surface area contributed by atoms with E-state index in [9.17, 15) is 9.59 Å². The van der Waals surface area contributed by atoms with E-state index in [1.54, 1.807) is 0 Å². The van der Waals surface area contributed by atoms with Crippen LogP contribution in [-0.2, 0) is 9.53 Å². The first kappa shape index (κ1) is 21.3. The number of rotatable bonds is 5. The van der Waals surface area contributed by atoms with Crippen molar-refractivity contribution in [2.75, 3.05) is 52.4 Å². The molecule has 3 rings (SSSR count). The second-order valence-corrected chi connectivity index (χ2v) is 9.47. The summed E-state index contributed by atoms with van der Waals surface area (Å²) in [6.07, 6.45) is 1.80. The predicted octanol–water partition coefficient (Wildman–Crippen LogP) is 1.37. The van der Waals surface area contributed by atoms with Gasteiger partial charge in [-0.05, 0) is 59.5 Å². The lowest BCUT2D eigenvalue weighted by Crippen LogP contribution is -2.54. The minimum Gasteiger partial charge on any atom is -0.480 e. The summed E-state index contributed by atoms with van der Waals surface area (Å²) >= 11 is 0. The van der Waals surface area contributed by atoms with Gasteiger partial charge >= 0.3 is 12.1 Å². The summed E-state index contributed by atoms with van der Waals surface area (Å²) < 4.78 is 5.73. The average molecular weight is 397 g/mol. The number of likely N-dealkylation sites (tertiary alicyclic amines) is 1. The maximum atomic E-state index is 12.5. The first-order valence-electron chi connectivity index (χ1n) is 10.6. The second kappa shape index (κ2) is 8.55. The number of carboxylic acids is 1. The lowest BCUT2D eigenvalue weighted by molar-refractivity contribution is -0.139. The van der Waals surface area contributed by atoms with Crippen molar-refractivity contribution in [1.29, 1.82) is 0 Å². The van der Waals surface area contributed by atoms with Crippen LogP contribution in [0.5, 0.6) is 0 Å². The molecule has 3 saturated heterocycles. The maximum Gasteiger partial charge on any atom is 0.411 e. The summed E-state index contributed by atoms with van der Waals surface area (Å²) in [6.45, 7) is 14.7. The molecule has 1 N–H and O–H groups in total. The standard InChI is InChI=1S/C20H36N4O4/c1-15-18(22-11-9-21(10-12-22)14-17(25)26)28-19(27)24(15)13-16-5-7-23(8-6-16)20(2,3)4/h15-16,18H,5-14H2,1-4H3,(H,25,26). The Morgan fingerprint density at radius 2 is 1.71 bits per heavy atom. The third-order valence-corrected chi connectivity index (χ3v) is 6.50. The van der Waals surface area contributed by atoms with Gasteiger partial charge in [0.1, 0.15) is 0 Å². The van der Waals surface area contributed by atoms with Gasteiger partial charge in [-0.2, -0.15) is 0 Å². The van der Waals surface area contributed by atoms with E-state index >= 15 is 0 Å². The van der Waals surface area contributed by atoms with Crippen LogP contribution in [0.2, 0.25) is 0 Å². The summed E-state index contributed by atoms with van der Waals surface area (Å²) in [6, 6.07) is 0.0270. The molecule has 2 unspecified atom stereocenters. The number of aliphatic carboxylic acids is 1. The van der Waals surface area contributed by atoms with Crippen molar-refractivity contribution in [3.63, 3.8) is 0 Å². The van der Waals surface area contributed by atoms with Gasteiger partial charge in [0.15, 0.2) is 6.23 Å². The zero-order valence-corrected chi connectivity index (χ0v) is 17.8. The molecule has 0 radical (unpaired) electrons. The molecule has 0 bridgehead atoms. The Hall–Kier alpha value is -1.38. The molecule has 8 heteroatoms. The number of amides is 1. The van der Waals surface area contributed by atoms with Gasteiger partial charge in [-0.3, -0.25) is 19.5 Å². The van der Waals surface area contributed by atoms with Crippen molar-refractivity contribution in [3.05, 3.63) is 0 Å². The molecule has 3 aliphatic heterocycles. The molecule has 3 aliphatic rings. The SMILES string of the molecule is CC1C(N2CCN(CC(=O)O)CC2)OC(=O)N1CC1CCN(C(C)(C)C)CC1. The van der Waals surface area contributed by atoms with Crippen molar-refractivity contribution in [1.82, 2.24) is 19.6 Å². The molecular weight excluding hydrogens is 360 g/mol. The van der Waals surface area contributed by atoms with Crippen LogP contribution in [0.4, 0.5) is 4.79 Å². The van der Waals surface area contributed by atoms with Crippen molar-refractivity contribution >= 4 is 12.1 Å². The van der Waals surface area contributed by atoms with Crippen molar-refractivity contribution in [2.24, 2.45) is 5.92 Å². The van der Waals surface area contributed by atoms with Crippen molar-refractivity contribution in [3.8, 4) is 0 Å². The predicted molar refractivity (Wildman–Crippen MR) is 106 cm³/mol. The molecule has 1 amide bonds. The van der Waals surface area contributed by atoms with Gasteiger partial charge in [0.2, 0.25) is 0 Å². The molecule has 8 nitrogen and oxygen atoms in total. The number of piperidine rings is 1. The first-order valence-corrected chi connectivity index (χ1v) is 10.6. The van der Waals surface area contributed by atoms with Gasteiger partial charge < -0.3 is 14.7 Å². The highest BCUT2D eigenvalue weighted by molar-refractivity contribution is 5.70. The van der Waals surface area contributed by atoms with Crippen LogP contribution >= 0.6 is 0 Å². The molecule has 0 aromatic carbocycles. The second-order valence-electron chi connectivity index (χ2n) is 9.47. The zero-order chi connectivity index (χ0) is 20.5. The van der Waals surface area contributed by atoms with Crippen molar-refractivity contribution in [2.45, 2.75) is 58.3 Å². The lowest BCUT2D eigenvalue weighted by Gasteiger charge is -2.42. The van der Waals surface area contributed by atoms with Gasteiger partial charge in [-0.15, -0.1) is 0 Å². The smallest absolute Gasteiger partial charge is 0.411 e. The Balaban J connectivity index is 1.49. The third-order valence-electron chi connectivity index (χ3n) is 6.50. The number of carbonyl (C=O) groups excluding carboxylic acids is 1. The van der Waals surface area contributed by atoms with E-state index in [4.69, 9.17) is 9.84 Å². The van der Waals surface area contributed by atoms with Gasteiger partial charge in [-0.1, -0.05) is 0 Å². The Morgan fingerprint density at radius 3 is 2.25 bits per heavy atom. The largest absolute Gasteiger partial charge is 0.480 e. The van der Waals surface area contributed by atoms with Crippen LogP contribution < -0.4 is 0 Å². The minimum absolute atomic E-state index is 0.0270. The number of carbonyl (C=O) groups is 2. The van der Waals surface area contributed by atoms with Crippen molar-refractivity contribution < 1.29 is 19.4 Å². The fourth-order valence-electron chi connectivity index (χ4n) is 4.64. The number of cyclic esters (lactones) is 1. The van der Waals surface area contributed by atoms with E-state index in [0.717, 1.165) is 45.6 Å². The summed E-state index contributed by atoms with van der Waals surface area (Å²) in [4.78, 5) is 31.9. The Labute approximate surface area is 168 Å². The van der Waals surface area contributed by atoms with Crippen LogP contribution in [0.3, 0.4) is 0 Å². The quantitative estimate of drug-likeness (QED) is 0.752. The molecular formula is C20H36N4O4. The molecule has 0 saturated carbocycles. The van der Waals surface area contributed by atoms with E-state index in [1.165, 1.54) is 0 Å². The fourth-order valence-corrected chi connectivity index (χ4v) is 4.64. The Morgan fingerprint density at radius 1 is 1.11 bits per heavy atom. The Bertz CT molecular complexity index is 563. The number of piperazine rings is 1. The van der Waals surface area contributed by atoms with E-state index in [1.807, 2.05) is 9.80 Å². The monoisotopic (exact) mass is 396 g/mol. The van der Waals surface area contributed by atoms with Crippen LogP contribution in [0.1, 0.15) is 40.5 Å². The number of ether oxygens (including phenoxy) is 1. The number of nitrogens with zero attached hydrogens (tertiary/aromatic N) is 4. The molecule has 0 aliphatic carbocycles. The summed E-state index contributed by atoms with van der Waals surface area (Å²) in [5.41, 5.74) is 0.207. The van der Waals surface area contributed by atoms with Gasteiger partial charge in [0.05, 0.1) is 12.6 Å². The molecule has 0 aromatic rings. The zero-order valence-electron chi connectivity index (χ0n) is 17.8. The van der Waals surface area contributed by atoms with Gasteiger partial charge in [-0.25, -0.2) is 4.79 Å². The minimum atomic E-state index is -0.794. The van der Waals surface area contributed by atoms with Crippen LogP contribution in [0.25, 0.3) is 0 Å². The number of hydrogen-bond acceptors (Lipinski definition) is 6. The average Bonchev–Trinajstić information content (AvgIpc) is 2.90. The molecule has 2 atom stereocenters. The van der Waals surface area contributed by atoms with E-state index in [2.05, 4.69) is 37.5 Å². The third kappa shape index (κ3) is 4.96. The highest BCUT2D eigenvalue weighted by Crippen LogP contribution is 2.29. The first-order chi connectivity index (χ1) is 13.1. The summed E-state index contributed by atoms with van der Waals surface area (Å²) in [5.74, 6) is -0.266. The van der Waals surface area contributed by atoms with Crippen LogP contribution in [0.15, 0.2) is 0 Å². The van der Waals surface area contributed by atoms with Crippen LogP contribution in [-0.4, -0.2) is 107 Å². The normalized spacial score (nSPS) is 29.3. The molecule has 160 valence electrons. The highest BCUT2D eigenvalue weighted by atomic mass is 16.6. The topological polar surface area (TPSA) is 76.6 Å². The highest BCUT2D eigenvalue weighted by Gasteiger charge is 2.43. The Kier molecular flexibility index (Phi) is 6.51. The van der Waals surface area contributed by atoms with E-state index < -0.39 is 5.97 Å². The van der Waals surface area contributed by atoms with E-state index in [0.29, 0.717) is 19.0 Å². The molecule has 3 heterocycles. The molecule has 28 heavy (non-hydrogen) atoms. The van der Waals surface area contributed by atoms with E-state index in [-0.39, 0.29) is 30.4 Å².